The zero-order valence-corrected chi connectivity index (χ0v) is 19.6. The lowest BCUT2D eigenvalue weighted by Crippen LogP contribution is -2.29. The summed E-state index contributed by atoms with van der Waals surface area (Å²) in [5.41, 5.74) is 2.48. The van der Waals surface area contributed by atoms with Crippen LogP contribution in [0.15, 0.2) is 83.4 Å². The number of benzene rings is 2. The van der Waals surface area contributed by atoms with Gasteiger partial charge in [-0.15, -0.1) is 0 Å². The van der Waals surface area contributed by atoms with Crippen LogP contribution in [0.2, 0.25) is 15.1 Å². The molecule has 0 spiro atoms. The molecule has 0 aliphatic carbocycles. The number of furan rings is 1. The molecule has 4 aromatic rings. The first-order chi connectivity index (χ1) is 15.5. The SMILES string of the molecule is S=C1N[C@@H](c2ccccn2)[C@@H](c2ccc(-c3cccc(Cl)c3Cl)o2)N1c1ccc(Cl)cc1. The Kier molecular flexibility index (Phi) is 5.82. The number of aromatic nitrogens is 1. The third kappa shape index (κ3) is 3.86. The van der Waals surface area contributed by atoms with Gasteiger partial charge in [0.15, 0.2) is 5.11 Å². The van der Waals surface area contributed by atoms with Crippen molar-refractivity contribution in [2.45, 2.75) is 12.1 Å². The zero-order valence-electron chi connectivity index (χ0n) is 16.5. The highest BCUT2D eigenvalue weighted by molar-refractivity contribution is 7.80. The molecule has 2 atom stereocenters. The van der Waals surface area contributed by atoms with Crippen molar-refractivity contribution in [2.24, 2.45) is 0 Å². The lowest BCUT2D eigenvalue weighted by Gasteiger charge is -2.26. The molecule has 0 bridgehead atoms. The average molecular weight is 501 g/mol. The average Bonchev–Trinajstić information content (AvgIpc) is 3.41. The molecule has 1 N–H and O–H groups in total. The minimum absolute atomic E-state index is 0.215. The second-order valence-corrected chi connectivity index (χ2v) is 8.88. The number of pyridine rings is 1. The molecule has 0 amide bonds. The van der Waals surface area contributed by atoms with Gasteiger partial charge >= 0.3 is 0 Å². The van der Waals surface area contributed by atoms with Gasteiger partial charge in [-0.05, 0) is 72.9 Å². The summed E-state index contributed by atoms with van der Waals surface area (Å²) in [5, 5.41) is 5.56. The summed E-state index contributed by atoms with van der Waals surface area (Å²) < 4.78 is 6.33. The van der Waals surface area contributed by atoms with E-state index in [1.807, 2.05) is 71.6 Å². The van der Waals surface area contributed by atoms with Crippen LogP contribution in [0.1, 0.15) is 23.5 Å². The van der Waals surface area contributed by atoms with Crippen molar-refractivity contribution in [1.82, 2.24) is 10.3 Å². The molecule has 3 heterocycles. The quantitative estimate of drug-likeness (QED) is 0.294. The predicted molar refractivity (Wildman–Crippen MR) is 134 cm³/mol. The van der Waals surface area contributed by atoms with Crippen LogP contribution in [0.3, 0.4) is 0 Å². The van der Waals surface area contributed by atoms with Crippen LogP contribution < -0.4 is 10.2 Å². The van der Waals surface area contributed by atoms with Crippen LogP contribution in [0.4, 0.5) is 5.69 Å². The van der Waals surface area contributed by atoms with Gasteiger partial charge in [-0.1, -0.05) is 46.9 Å². The van der Waals surface area contributed by atoms with Gasteiger partial charge in [-0.25, -0.2) is 0 Å². The summed E-state index contributed by atoms with van der Waals surface area (Å²) in [6.45, 7) is 0. The largest absolute Gasteiger partial charge is 0.459 e. The number of nitrogens with one attached hydrogen (secondary N) is 1. The van der Waals surface area contributed by atoms with E-state index >= 15 is 0 Å². The molecule has 1 saturated heterocycles. The number of hydrogen-bond acceptors (Lipinski definition) is 3. The van der Waals surface area contributed by atoms with E-state index in [1.54, 1.807) is 12.3 Å². The van der Waals surface area contributed by atoms with Gasteiger partial charge in [0.25, 0.3) is 0 Å². The second kappa shape index (κ2) is 8.75. The van der Waals surface area contributed by atoms with Crippen LogP contribution in [0.25, 0.3) is 11.3 Å². The fraction of sp³-hybridized carbons (Fsp3) is 0.0833. The highest BCUT2D eigenvalue weighted by atomic mass is 35.5. The Morgan fingerprint density at radius 1 is 0.906 bits per heavy atom. The van der Waals surface area contributed by atoms with Crippen molar-refractivity contribution in [3.8, 4) is 11.3 Å². The summed E-state index contributed by atoms with van der Waals surface area (Å²) in [6.07, 6.45) is 1.77. The van der Waals surface area contributed by atoms with Crippen molar-refractivity contribution >= 4 is 57.8 Å². The number of anilines is 1. The van der Waals surface area contributed by atoms with Crippen molar-refractivity contribution < 1.29 is 4.42 Å². The predicted octanol–water partition coefficient (Wildman–Crippen LogP) is 7.48. The minimum atomic E-state index is -0.273. The second-order valence-electron chi connectivity index (χ2n) is 7.28. The number of halogens is 3. The number of thiocarbonyl (C=S) groups is 1. The molecule has 4 nitrogen and oxygen atoms in total. The van der Waals surface area contributed by atoms with Crippen LogP contribution >= 0.6 is 47.0 Å². The summed E-state index contributed by atoms with van der Waals surface area (Å²) in [6, 6.07) is 22.2. The molecule has 5 rings (SSSR count). The fourth-order valence-corrected chi connectivity index (χ4v) is 4.74. The smallest absolute Gasteiger partial charge is 0.174 e. The number of rotatable bonds is 4. The lowest BCUT2D eigenvalue weighted by molar-refractivity contribution is 0.439. The Morgan fingerprint density at radius 3 is 2.47 bits per heavy atom. The first kappa shape index (κ1) is 21.3. The Labute approximate surface area is 205 Å². The van der Waals surface area contributed by atoms with Crippen LogP contribution in [-0.4, -0.2) is 10.1 Å². The fourth-order valence-electron chi connectivity index (χ4n) is 3.87. The van der Waals surface area contributed by atoms with E-state index in [9.17, 15) is 0 Å². The topological polar surface area (TPSA) is 41.3 Å². The van der Waals surface area contributed by atoms with Gasteiger partial charge in [-0.3, -0.25) is 4.98 Å². The Balaban J connectivity index is 1.61. The Hall–Kier alpha value is -2.57. The third-order valence-electron chi connectivity index (χ3n) is 5.34. The molecule has 2 aromatic carbocycles. The molecule has 1 fully saturated rings. The minimum Gasteiger partial charge on any atom is -0.459 e. The molecule has 0 unspecified atom stereocenters. The van der Waals surface area contributed by atoms with Gasteiger partial charge in [0, 0.05) is 22.5 Å². The molecule has 32 heavy (non-hydrogen) atoms. The molecular formula is C24H16Cl3N3OS. The molecule has 160 valence electrons. The first-order valence-corrected chi connectivity index (χ1v) is 11.4. The third-order valence-corrected chi connectivity index (χ3v) is 6.72. The molecule has 1 aliphatic rings. The molecule has 0 radical (unpaired) electrons. The van der Waals surface area contributed by atoms with E-state index < -0.39 is 0 Å². The maximum absolute atomic E-state index is 6.43. The van der Waals surface area contributed by atoms with Gasteiger partial charge in [0.2, 0.25) is 0 Å². The van der Waals surface area contributed by atoms with E-state index in [4.69, 9.17) is 51.4 Å². The molecule has 8 heteroatoms. The first-order valence-electron chi connectivity index (χ1n) is 9.83. The summed E-state index contributed by atoms with van der Waals surface area (Å²) in [7, 11) is 0. The van der Waals surface area contributed by atoms with Crippen molar-refractivity contribution in [2.75, 3.05) is 4.90 Å². The summed E-state index contributed by atoms with van der Waals surface area (Å²) in [4.78, 5) is 6.57. The van der Waals surface area contributed by atoms with Crippen molar-refractivity contribution in [1.29, 1.82) is 0 Å². The van der Waals surface area contributed by atoms with Gasteiger partial charge in [0.05, 0.1) is 21.8 Å². The van der Waals surface area contributed by atoms with Crippen LogP contribution in [0, 0.1) is 0 Å². The van der Waals surface area contributed by atoms with E-state index in [-0.39, 0.29) is 12.1 Å². The van der Waals surface area contributed by atoms with E-state index in [0.717, 1.165) is 16.9 Å². The standard InChI is InChI=1S/C24H16Cl3N3OS/c25-14-7-9-15(10-8-14)30-23(22(29-24(30)32)18-6-1-2-13-28-18)20-12-11-19(31-20)16-4-3-5-17(26)21(16)27/h1-13,22-23H,(H,29,32)/t22-,23+/m0/s1. The monoisotopic (exact) mass is 499 g/mol. The van der Waals surface area contributed by atoms with Crippen LogP contribution in [0.5, 0.6) is 0 Å². The van der Waals surface area contributed by atoms with Crippen molar-refractivity contribution in [3.05, 3.63) is 106 Å². The Bertz CT molecular complexity index is 1280. The molecule has 0 saturated carbocycles. The molecule has 2 aromatic heterocycles. The summed E-state index contributed by atoms with van der Waals surface area (Å²) >= 11 is 24.5. The zero-order chi connectivity index (χ0) is 22.2. The van der Waals surface area contributed by atoms with Crippen LogP contribution in [-0.2, 0) is 0 Å². The maximum atomic E-state index is 6.43. The van der Waals surface area contributed by atoms with E-state index in [0.29, 0.717) is 31.7 Å². The number of nitrogens with zero attached hydrogens (tertiary/aromatic N) is 2. The normalized spacial score (nSPS) is 18.1. The van der Waals surface area contributed by atoms with Crippen molar-refractivity contribution in [3.63, 3.8) is 0 Å². The van der Waals surface area contributed by atoms with Gasteiger partial charge < -0.3 is 14.6 Å². The number of hydrogen-bond donors (Lipinski definition) is 1. The Morgan fingerprint density at radius 2 is 1.72 bits per heavy atom. The maximum Gasteiger partial charge on any atom is 0.174 e. The van der Waals surface area contributed by atoms with Gasteiger partial charge in [-0.2, -0.15) is 0 Å². The lowest BCUT2D eigenvalue weighted by atomic mass is 10.0. The van der Waals surface area contributed by atoms with E-state index in [2.05, 4.69) is 10.3 Å². The molecular weight excluding hydrogens is 485 g/mol. The van der Waals surface area contributed by atoms with E-state index in [1.165, 1.54) is 0 Å². The highest BCUT2D eigenvalue weighted by Gasteiger charge is 2.42. The highest BCUT2D eigenvalue weighted by Crippen LogP contribution is 2.44. The van der Waals surface area contributed by atoms with Gasteiger partial charge in [0.1, 0.15) is 17.6 Å². The summed E-state index contributed by atoms with van der Waals surface area (Å²) in [5.74, 6) is 1.34. The molecule has 1 aliphatic heterocycles.